The van der Waals surface area contributed by atoms with Crippen LogP contribution in [0.15, 0.2) is 66.9 Å². The molecule has 5 heteroatoms. The molecule has 0 saturated carbocycles. The Balaban J connectivity index is 2.14. The summed E-state index contributed by atoms with van der Waals surface area (Å²) in [5, 5.41) is 23.5. The lowest BCUT2D eigenvalue weighted by atomic mass is 9.77. The van der Waals surface area contributed by atoms with Gasteiger partial charge in [-0.15, -0.1) is 0 Å². The van der Waals surface area contributed by atoms with E-state index < -0.39 is 29.0 Å². The SMILES string of the molecule is C=C(O)C(C(=O)c1ccccc1)C1(O)C(=O)Nc2ccccc21. The molecule has 1 aliphatic heterocycles. The normalized spacial score (nSPS) is 20.5. The van der Waals surface area contributed by atoms with Gasteiger partial charge in [-0.3, -0.25) is 9.59 Å². The second-order valence-electron chi connectivity index (χ2n) is 5.42. The summed E-state index contributed by atoms with van der Waals surface area (Å²) < 4.78 is 0. The van der Waals surface area contributed by atoms with Crippen molar-refractivity contribution >= 4 is 17.4 Å². The zero-order valence-corrected chi connectivity index (χ0v) is 12.2. The molecule has 0 radical (unpaired) electrons. The van der Waals surface area contributed by atoms with E-state index in [2.05, 4.69) is 11.9 Å². The maximum atomic E-state index is 12.8. The highest BCUT2D eigenvalue weighted by atomic mass is 16.3. The first kappa shape index (κ1) is 15.0. The molecule has 0 bridgehead atoms. The maximum absolute atomic E-state index is 12.8. The van der Waals surface area contributed by atoms with E-state index in [4.69, 9.17) is 0 Å². The molecule has 3 rings (SSSR count). The summed E-state index contributed by atoms with van der Waals surface area (Å²) in [5.41, 5.74) is -1.27. The van der Waals surface area contributed by atoms with Crippen molar-refractivity contribution in [2.24, 2.45) is 5.92 Å². The summed E-state index contributed by atoms with van der Waals surface area (Å²) in [6.45, 7) is 3.39. The van der Waals surface area contributed by atoms with Crippen molar-refractivity contribution < 1.29 is 19.8 Å². The van der Waals surface area contributed by atoms with E-state index in [1.54, 1.807) is 54.6 Å². The molecular weight excluding hydrogens is 294 g/mol. The highest BCUT2D eigenvalue weighted by molar-refractivity contribution is 6.11. The van der Waals surface area contributed by atoms with E-state index >= 15 is 0 Å². The number of hydrogen-bond acceptors (Lipinski definition) is 4. The third kappa shape index (κ3) is 2.22. The number of carbonyl (C=O) groups is 2. The number of para-hydroxylation sites is 1. The number of ketones is 1. The average Bonchev–Trinajstić information content (AvgIpc) is 2.80. The number of amides is 1. The molecule has 0 aromatic heterocycles. The molecule has 0 aliphatic carbocycles. The molecule has 2 unspecified atom stereocenters. The van der Waals surface area contributed by atoms with Crippen molar-refractivity contribution in [2.45, 2.75) is 5.60 Å². The van der Waals surface area contributed by atoms with Crippen LogP contribution in [0.2, 0.25) is 0 Å². The number of anilines is 1. The van der Waals surface area contributed by atoms with E-state index in [0.717, 1.165) is 0 Å². The van der Waals surface area contributed by atoms with Gasteiger partial charge in [0.05, 0.1) is 5.76 Å². The Bertz CT molecular complexity index is 800. The largest absolute Gasteiger partial charge is 0.512 e. The van der Waals surface area contributed by atoms with Gasteiger partial charge in [0.2, 0.25) is 0 Å². The number of nitrogens with one attached hydrogen (secondary N) is 1. The second-order valence-corrected chi connectivity index (χ2v) is 5.42. The number of fused-ring (bicyclic) bond motifs is 1. The quantitative estimate of drug-likeness (QED) is 0.598. The van der Waals surface area contributed by atoms with E-state index in [1.807, 2.05) is 0 Å². The van der Waals surface area contributed by atoms with Crippen LogP contribution in [0.25, 0.3) is 0 Å². The van der Waals surface area contributed by atoms with Crippen LogP contribution in [0.4, 0.5) is 5.69 Å². The van der Waals surface area contributed by atoms with Crippen molar-refractivity contribution in [3.8, 4) is 0 Å². The summed E-state index contributed by atoms with van der Waals surface area (Å²) in [7, 11) is 0. The van der Waals surface area contributed by atoms with Crippen LogP contribution in [0.5, 0.6) is 0 Å². The van der Waals surface area contributed by atoms with Crippen molar-refractivity contribution in [3.63, 3.8) is 0 Å². The molecule has 2 aromatic rings. The third-order valence-corrected chi connectivity index (χ3v) is 4.00. The molecule has 0 spiro atoms. The summed E-state index contributed by atoms with van der Waals surface area (Å²) in [5.74, 6) is -3.39. The molecule has 1 amide bonds. The molecule has 0 saturated heterocycles. The van der Waals surface area contributed by atoms with Gasteiger partial charge in [0.15, 0.2) is 11.4 Å². The first-order valence-electron chi connectivity index (χ1n) is 7.06. The molecule has 1 heterocycles. The van der Waals surface area contributed by atoms with Gasteiger partial charge in [0.1, 0.15) is 5.92 Å². The van der Waals surface area contributed by atoms with E-state index in [9.17, 15) is 19.8 Å². The molecule has 116 valence electrons. The number of hydrogen-bond donors (Lipinski definition) is 3. The van der Waals surface area contributed by atoms with Gasteiger partial charge < -0.3 is 15.5 Å². The maximum Gasteiger partial charge on any atom is 0.262 e. The second kappa shape index (κ2) is 5.37. The standard InChI is InChI=1S/C18H15NO4/c1-11(20)15(16(21)12-7-3-2-4-8-12)18(23)13-9-5-6-10-14(13)19-17(18)22/h2-10,15,20,23H,1H2,(H,19,22). The lowest BCUT2D eigenvalue weighted by Gasteiger charge is -2.29. The fourth-order valence-electron chi connectivity index (χ4n) is 2.90. The molecular formula is C18H15NO4. The molecule has 23 heavy (non-hydrogen) atoms. The van der Waals surface area contributed by atoms with Gasteiger partial charge in [-0.25, -0.2) is 0 Å². The Labute approximate surface area is 132 Å². The number of rotatable bonds is 4. The summed E-state index contributed by atoms with van der Waals surface area (Å²) in [6, 6.07) is 14.7. The minimum absolute atomic E-state index is 0.245. The first-order chi connectivity index (χ1) is 11.0. The van der Waals surface area contributed by atoms with E-state index in [-0.39, 0.29) is 11.1 Å². The van der Waals surface area contributed by atoms with Crippen molar-refractivity contribution in [3.05, 3.63) is 78.1 Å². The zero-order valence-electron chi connectivity index (χ0n) is 12.2. The van der Waals surface area contributed by atoms with Crippen LogP contribution in [-0.2, 0) is 10.4 Å². The van der Waals surface area contributed by atoms with Gasteiger partial charge in [-0.2, -0.15) is 0 Å². The monoisotopic (exact) mass is 309 g/mol. The van der Waals surface area contributed by atoms with Crippen molar-refractivity contribution in [1.29, 1.82) is 0 Å². The topological polar surface area (TPSA) is 86.6 Å². The predicted octanol–water partition coefficient (Wildman–Crippen LogP) is 2.40. The molecule has 3 N–H and O–H groups in total. The van der Waals surface area contributed by atoms with Gasteiger partial charge in [-0.05, 0) is 6.07 Å². The van der Waals surface area contributed by atoms with Crippen LogP contribution in [-0.4, -0.2) is 21.9 Å². The Hall–Kier alpha value is -2.92. The van der Waals surface area contributed by atoms with E-state index in [0.29, 0.717) is 5.69 Å². The predicted molar refractivity (Wildman–Crippen MR) is 85.0 cm³/mol. The molecule has 2 atom stereocenters. The lowest BCUT2D eigenvalue weighted by Crippen LogP contribution is -2.46. The molecule has 0 fully saturated rings. The Kier molecular flexibility index (Phi) is 3.50. The van der Waals surface area contributed by atoms with Gasteiger partial charge in [-0.1, -0.05) is 55.1 Å². The fourth-order valence-corrected chi connectivity index (χ4v) is 2.90. The van der Waals surface area contributed by atoms with Crippen molar-refractivity contribution in [2.75, 3.05) is 5.32 Å². The number of aliphatic hydroxyl groups is 2. The smallest absolute Gasteiger partial charge is 0.262 e. The number of benzene rings is 2. The van der Waals surface area contributed by atoms with Crippen LogP contribution >= 0.6 is 0 Å². The number of carbonyl (C=O) groups excluding carboxylic acids is 2. The summed E-state index contributed by atoms with van der Waals surface area (Å²) in [4.78, 5) is 25.1. The number of Topliss-reactive ketones (excluding diaryl/α,β-unsaturated/α-hetero) is 1. The van der Waals surface area contributed by atoms with Crippen LogP contribution in [0, 0.1) is 5.92 Å². The Morgan fingerprint density at radius 1 is 1.09 bits per heavy atom. The van der Waals surface area contributed by atoms with Crippen LogP contribution in [0.3, 0.4) is 0 Å². The minimum Gasteiger partial charge on any atom is -0.512 e. The zero-order chi connectivity index (χ0) is 16.6. The van der Waals surface area contributed by atoms with E-state index in [1.165, 1.54) is 0 Å². The first-order valence-corrected chi connectivity index (χ1v) is 7.06. The van der Waals surface area contributed by atoms with Gasteiger partial charge >= 0.3 is 0 Å². The highest BCUT2D eigenvalue weighted by Gasteiger charge is 2.55. The fraction of sp³-hybridized carbons (Fsp3) is 0.111. The molecule has 5 nitrogen and oxygen atoms in total. The van der Waals surface area contributed by atoms with Gasteiger partial charge in [0, 0.05) is 16.8 Å². The van der Waals surface area contributed by atoms with Crippen LogP contribution < -0.4 is 5.32 Å². The highest BCUT2D eigenvalue weighted by Crippen LogP contribution is 2.44. The Morgan fingerprint density at radius 3 is 2.35 bits per heavy atom. The summed E-state index contributed by atoms with van der Waals surface area (Å²) >= 11 is 0. The van der Waals surface area contributed by atoms with Gasteiger partial charge in [0.25, 0.3) is 5.91 Å². The minimum atomic E-state index is -2.20. The summed E-state index contributed by atoms with van der Waals surface area (Å²) in [6.07, 6.45) is 0. The number of aliphatic hydroxyl groups excluding tert-OH is 1. The lowest BCUT2D eigenvalue weighted by molar-refractivity contribution is -0.137. The van der Waals surface area contributed by atoms with Crippen molar-refractivity contribution in [1.82, 2.24) is 0 Å². The van der Waals surface area contributed by atoms with Crippen LogP contribution in [0.1, 0.15) is 15.9 Å². The molecule has 1 aliphatic rings. The molecule has 2 aromatic carbocycles. The Morgan fingerprint density at radius 2 is 1.70 bits per heavy atom. The third-order valence-electron chi connectivity index (χ3n) is 4.00. The average molecular weight is 309 g/mol.